The number of carbonyl (C=O) groups excluding carboxylic acids is 3. The van der Waals surface area contributed by atoms with Gasteiger partial charge in [-0.1, -0.05) is 29.8 Å². The lowest BCUT2D eigenvalue weighted by Crippen LogP contribution is -2.44. The predicted molar refractivity (Wildman–Crippen MR) is 127 cm³/mol. The first-order chi connectivity index (χ1) is 15.8. The number of nitrogens with one attached hydrogen (secondary N) is 1. The van der Waals surface area contributed by atoms with Gasteiger partial charge in [0.25, 0.3) is 5.91 Å². The Morgan fingerprint density at radius 2 is 1.97 bits per heavy atom. The topological polar surface area (TPSA) is 82.6 Å². The molecule has 33 heavy (non-hydrogen) atoms. The molecule has 1 aromatic heterocycles. The van der Waals surface area contributed by atoms with Crippen molar-refractivity contribution in [3.8, 4) is 11.3 Å². The number of amides is 4. The Kier molecular flexibility index (Phi) is 5.22. The molecule has 1 fully saturated rings. The van der Waals surface area contributed by atoms with E-state index in [1.165, 1.54) is 0 Å². The number of aryl methyl sites for hydroxylation is 1. The Labute approximate surface area is 200 Å². The van der Waals surface area contributed by atoms with Crippen molar-refractivity contribution in [2.75, 3.05) is 18.0 Å². The van der Waals surface area contributed by atoms with Crippen molar-refractivity contribution in [3.63, 3.8) is 0 Å². The molecule has 0 saturated carbocycles. The molecule has 0 spiro atoms. The highest BCUT2D eigenvalue weighted by atomic mass is 35.5. The number of aromatic nitrogens is 1. The first-order valence-electron chi connectivity index (χ1n) is 10.5. The first-order valence-corrected chi connectivity index (χ1v) is 11.8. The molecule has 1 atom stereocenters. The molecule has 0 aliphatic carbocycles. The van der Waals surface area contributed by atoms with Gasteiger partial charge in [0.1, 0.15) is 12.1 Å². The van der Waals surface area contributed by atoms with Gasteiger partial charge in [0.15, 0.2) is 0 Å². The summed E-state index contributed by atoms with van der Waals surface area (Å²) in [5, 5.41) is 6.28. The zero-order valence-corrected chi connectivity index (χ0v) is 19.7. The molecule has 5 rings (SSSR count). The molecule has 2 aliphatic heterocycles. The normalized spacial score (nSPS) is 19.7. The molecule has 9 heteroatoms. The lowest BCUT2D eigenvalue weighted by atomic mass is 9.92. The van der Waals surface area contributed by atoms with Gasteiger partial charge in [-0.15, -0.1) is 11.3 Å². The number of rotatable bonds is 4. The molecular weight excluding hydrogens is 460 g/mol. The maximum Gasteiger partial charge on any atom is 0.325 e. The number of imide groups is 1. The third-order valence-corrected chi connectivity index (χ3v) is 7.21. The van der Waals surface area contributed by atoms with E-state index in [9.17, 15) is 14.4 Å². The van der Waals surface area contributed by atoms with Gasteiger partial charge < -0.3 is 10.2 Å². The molecule has 1 saturated heterocycles. The van der Waals surface area contributed by atoms with Crippen molar-refractivity contribution in [1.29, 1.82) is 0 Å². The van der Waals surface area contributed by atoms with E-state index in [-0.39, 0.29) is 12.5 Å². The van der Waals surface area contributed by atoms with Crippen LogP contribution in [0.25, 0.3) is 11.3 Å². The number of thiazole rings is 1. The number of halogens is 1. The molecule has 2 aromatic carbocycles. The van der Waals surface area contributed by atoms with Crippen molar-refractivity contribution in [2.24, 2.45) is 0 Å². The summed E-state index contributed by atoms with van der Waals surface area (Å²) in [4.78, 5) is 46.1. The maximum absolute atomic E-state index is 13.2. The summed E-state index contributed by atoms with van der Waals surface area (Å²) in [6.45, 7) is 3.79. The summed E-state index contributed by atoms with van der Waals surface area (Å²) in [5.74, 6) is -0.758. The fraction of sp³-hybridized carbons (Fsp3) is 0.250. The largest absolute Gasteiger partial charge is 0.325 e. The average molecular weight is 481 g/mol. The van der Waals surface area contributed by atoms with Crippen LogP contribution in [0.5, 0.6) is 0 Å². The highest BCUT2D eigenvalue weighted by Crippen LogP contribution is 2.34. The second-order valence-electron chi connectivity index (χ2n) is 8.34. The van der Waals surface area contributed by atoms with Crippen LogP contribution in [0.4, 0.5) is 10.5 Å². The Morgan fingerprint density at radius 3 is 2.67 bits per heavy atom. The van der Waals surface area contributed by atoms with Gasteiger partial charge in [-0.2, -0.15) is 0 Å². The first kappa shape index (κ1) is 21.6. The summed E-state index contributed by atoms with van der Waals surface area (Å²) in [6, 6.07) is 12.1. The lowest BCUT2D eigenvalue weighted by Gasteiger charge is -2.23. The van der Waals surface area contributed by atoms with Crippen LogP contribution < -0.4 is 10.2 Å². The molecule has 3 aromatic rings. The Bertz CT molecular complexity index is 1290. The van der Waals surface area contributed by atoms with E-state index in [0.29, 0.717) is 23.6 Å². The molecule has 7 nitrogen and oxygen atoms in total. The number of benzene rings is 2. The summed E-state index contributed by atoms with van der Waals surface area (Å²) in [7, 11) is 0. The van der Waals surface area contributed by atoms with E-state index in [1.54, 1.807) is 47.4 Å². The van der Waals surface area contributed by atoms with E-state index >= 15 is 0 Å². The van der Waals surface area contributed by atoms with Crippen molar-refractivity contribution < 1.29 is 14.4 Å². The van der Waals surface area contributed by atoms with Crippen LogP contribution in [-0.4, -0.2) is 40.8 Å². The molecule has 4 amide bonds. The minimum Gasteiger partial charge on any atom is -0.319 e. The van der Waals surface area contributed by atoms with Crippen LogP contribution >= 0.6 is 22.9 Å². The predicted octanol–water partition coefficient (Wildman–Crippen LogP) is 4.13. The van der Waals surface area contributed by atoms with Crippen LogP contribution in [0.15, 0.2) is 47.8 Å². The van der Waals surface area contributed by atoms with Gasteiger partial charge in [-0.3, -0.25) is 14.5 Å². The third kappa shape index (κ3) is 3.69. The van der Waals surface area contributed by atoms with Crippen LogP contribution in [-0.2, 0) is 21.5 Å². The standard InChI is InChI=1S/C24H21ClN4O3S/c1-14-26-19(13-33-14)15-3-8-20-16(11-15)9-10-28(20)21(30)12-29-22(31)24(2,27-23(29)32)17-4-6-18(25)7-5-17/h3-8,11,13H,9-10,12H2,1-2H3,(H,27,32). The fourth-order valence-corrected chi connectivity index (χ4v) is 5.10. The van der Waals surface area contributed by atoms with E-state index in [4.69, 9.17) is 11.6 Å². The van der Waals surface area contributed by atoms with Gasteiger partial charge in [0.05, 0.1) is 10.7 Å². The smallest absolute Gasteiger partial charge is 0.319 e. The maximum atomic E-state index is 13.2. The van der Waals surface area contributed by atoms with Gasteiger partial charge in [0, 0.05) is 28.2 Å². The SMILES string of the molecule is Cc1nc(-c2ccc3c(c2)CCN3C(=O)CN2C(=O)NC(C)(c3ccc(Cl)cc3)C2=O)cs1. The Balaban J connectivity index is 1.34. The van der Waals surface area contributed by atoms with E-state index in [0.717, 1.165) is 32.4 Å². The molecule has 3 heterocycles. The van der Waals surface area contributed by atoms with Crippen LogP contribution in [0, 0.1) is 6.92 Å². The van der Waals surface area contributed by atoms with Gasteiger partial charge in [-0.25, -0.2) is 9.78 Å². The monoisotopic (exact) mass is 480 g/mol. The van der Waals surface area contributed by atoms with Crippen molar-refractivity contribution in [2.45, 2.75) is 25.8 Å². The van der Waals surface area contributed by atoms with Crippen LogP contribution in [0.3, 0.4) is 0 Å². The molecule has 0 radical (unpaired) electrons. The molecule has 1 unspecified atom stereocenters. The van der Waals surface area contributed by atoms with Crippen molar-refractivity contribution in [3.05, 3.63) is 69.0 Å². The Hall–Kier alpha value is -3.23. The van der Waals surface area contributed by atoms with E-state index in [1.807, 2.05) is 24.4 Å². The number of fused-ring (bicyclic) bond motifs is 1. The van der Waals surface area contributed by atoms with Crippen molar-refractivity contribution in [1.82, 2.24) is 15.2 Å². The molecule has 2 aliphatic rings. The van der Waals surface area contributed by atoms with E-state index < -0.39 is 17.5 Å². The zero-order chi connectivity index (χ0) is 23.3. The summed E-state index contributed by atoms with van der Waals surface area (Å²) in [6.07, 6.45) is 0.709. The number of nitrogens with zero attached hydrogens (tertiary/aromatic N) is 3. The highest BCUT2D eigenvalue weighted by molar-refractivity contribution is 7.09. The zero-order valence-electron chi connectivity index (χ0n) is 18.1. The second kappa shape index (κ2) is 7.97. The number of carbonyl (C=O) groups is 3. The van der Waals surface area contributed by atoms with Crippen LogP contribution in [0.1, 0.15) is 23.1 Å². The number of hydrogen-bond acceptors (Lipinski definition) is 5. The van der Waals surface area contributed by atoms with Crippen LogP contribution in [0.2, 0.25) is 5.02 Å². The number of anilines is 1. The molecular formula is C24H21ClN4O3S. The van der Waals surface area contributed by atoms with Gasteiger partial charge in [0.2, 0.25) is 5.91 Å². The third-order valence-electron chi connectivity index (χ3n) is 6.18. The molecule has 1 N–H and O–H groups in total. The highest BCUT2D eigenvalue weighted by Gasteiger charge is 2.49. The summed E-state index contributed by atoms with van der Waals surface area (Å²) in [5.41, 5.74) is 3.16. The fourth-order valence-electron chi connectivity index (χ4n) is 4.36. The van der Waals surface area contributed by atoms with Gasteiger partial charge in [-0.05, 0) is 55.7 Å². The second-order valence-corrected chi connectivity index (χ2v) is 9.84. The number of hydrogen-bond donors (Lipinski definition) is 1. The average Bonchev–Trinajstić information content (AvgIpc) is 3.47. The summed E-state index contributed by atoms with van der Waals surface area (Å²) >= 11 is 7.55. The molecule has 0 bridgehead atoms. The van der Waals surface area contributed by atoms with Crippen molar-refractivity contribution >= 4 is 46.5 Å². The lowest BCUT2D eigenvalue weighted by molar-refractivity contribution is -0.134. The minimum absolute atomic E-state index is 0.296. The quantitative estimate of drug-likeness (QED) is 0.569. The van der Waals surface area contributed by atoms with E-state index in [2.05, 4.69) is 16.4 Å². The Morgan fingerprint density at radius 1 is 1.21 bits per heavy atom. The number of urea groups is 1. The minimum atomic E-state index is -1.24. The van der Waals surface area contributed by atoms with Gasteiger partial charge >= 0.3 is 6.03 Å². The molecule has 168 valence electrons. The summed E-state index contributed by atoms with van der Waals surface area (Å²) < 4.78 is 0.